The van der Waals surface area contributed by atoms with Gasteiger partial charge < -0.3 is 4.90 Å². The molecule has 28 heavy (non-hydrogen) atoms. The van der Waals surface area contributed by atoms with Crippen LogP contribution in [0.2, 0.25) is 0 Å². The predicted molar refractivity (Wildman–Crippen MR) is 119 cm³/mol. The van der Waals surface area contributed by atoms with Gasteiger partial charge in [-0.15, -0.1) is 0 Å². The van der Waals surface area contributed by atoms with Gasteiger partial charge in [-0.05, 0) is 57.0 Å². The van der Waals surface area contributed by atoms with Crippen LogP contribution in [0, 0.1) is 20.8 Å². The van der Waals surface area contributed by atoms with Gasteiger partial charge in [0.05, 0.1) is 18.2 Å². The molecule has 0 aromatic heterocycles. The topological polar surface area (TPSA) is 6.48 Å². The fraction of sp³-hybridized carbons (Fsp3) is 0.308. The highest BCUT2D eigenvalue weighted by atomic mass is 15.4. The Balaban J connectivity index is 1.92. The molecule has 0 amide bonds. The number of hydrogen-bond donors (Lipinski definition) is 0. The van der Waals surface area contributed by atoms with Crippen molar-refractivity contribution in [1.82, 2.24) is 4.90 Å². The minimum Gasteiger partial charge on any atom is -0.347 e. The van der Waals surface area contributed by atoms with E-state index in [0.717, 1.165) is 0 Å². The number of hydrogen-bond acceptors (Lipinski definition) is 2. The van der Waals surface area contributed by atoms with Gasteiger partial charge in [0.15, 0.2) is 0 Å². The van der Waals surface area contributed by atoms with E-state index in [-0.39, 0.29) is 6.04 Å². The third-order valence-corrected chi connectivity index (χ3v) is 6.21. The molecule has 2 heteroatoms. The quantitative estimate of drug-likeness (QED) is 0.542. The molecule has 144 valence electrons. The van der Waals surface area contributed by atoms with E-state index < -0.39 is 0 Å². The molecule has 3 aromatic carbocycles. The van der Waals surface area contributed by atoms with E-state index >= 15 is 0 Å². The van der Waals surface area contributed by atoms with Crippen LogP contribution in [0.3, 0.4) is 0 Å². The van der Waals surface area contributed by atoms with Crippen LogP contribution in [-0.4, -0.2) is 18.1 Å². The fourth-order valence-corrected chi connectivity index (χ4v) is 5.00. The lowest BCUT2D eigenvalue weighted by atomic mass is 9.92. The zero-order valence-electron chi connectivity index (χ0n) is 17.6. The lowest BCUT2D eigenvalue weighted by Gasteiger charge is -2.34. The van der Waals surface area contributed by atoms with E-state index in [1.54, 1.807) is 0 Å². The monoisotopic (exact) mass is 370 g/mol. The summed E-state index contributed by atoms with van der Waals surface area (Å²) < 4.78 is 0. The summed E-state index contributed by atoms with van der Waals surface area (Å²) in [4.78, 5) is 5.16. The van der Waals surface area contributed by atoms with Crippen molar-refractivity contribution in [2.24, 2.45) is 0 Å². The Kier molecular flexibility index (Phi) is 4.99. The normalized spacial score (nSPS) is 22.6. The molecule has 1 fully saturated rings. The summed E-state index contributed by atoms with van der Waals surface area (Å²) >= 11 is 0. The summed E-state index contributed by atoms with van der Waals surface area (Å²) in [5.74, 6) is 0. The maximum atomic E-state index is 2.64. The zero-order chi connectivity index (χ0) is 19.8. The second-order valence-corrected chi connectivity index (χ2v) is 8.16. The van der Waals surface area contributed by atoms with Crippen molar-refractivity contribution in [2.45, 2.75) is 45.9 Å². The summed E-state index contributed by atoms with van der Waals surface area (Å²) in [6.45, 7) is 9.02. The average molecular weight is 371 g/mol. The smallest absolute Gasteiger partial charge is 0.0803 e. The molecular weight excluding hydrogens is 340 g/mol. The van der Waals surface area contributed by atoms with Crippen molar-refractivity contribution in [2.75, 3.05) is 11.9 Å². The van der Waals surface area contributed by atoms with Crippen LogP contribution in [0.4, 0.5) is 5.69 Å². The van der Waals surface area contributed by atoms with Crippen LogP contribution in [0.1, 0.15) is 46.8 Å². The molecule has 0 N–H and O–H groups in total. The Morgan fingerprint density at radius 1 is 0.679 bits per heavy atom. The van der Waals surface area contributed by atoms with Gasteiger partial charge in [0.25, 0.3) is 0 Å². The molecule has 3 unspecified atom stereocenters. The van der Waals surface area contributed by atoms with Crippen molar-refractivity contribution in [3.05, 3.63) is 101 Å². The van der Waals surface area contributed by atoms with Crippen molar-refractivity contribution in [3.63, 3.8) is 0 Å². The zero-order valence-corrected chi connectivity index (χ0v) is 17.6. The molecule has 1 saturated heterocycles. The Labute approximate surface area is 169 Å². The first-order chi connectivity index (χ1) is 13.5. The third kappa shape index (κ3) is 3.12. The van der Waals surface area contributed by atoms with Gasteiger partial charge in [0, 0.05) is 5.69 Å². The molecular formula is C26H30N2. The standard InChI is InChI=1S/C26H30N2/c1-18-16-19(2)24(20(3)17-18)28-21(4)27(5)25(22-12-8-6-9-13-22)26(28)23-14-10-7-11-15-23/h6-17,21,25-26H,1-5H3. The largest absolute Gasteiger partial charge is 0.347 e. The predicted octanol–water partition coefficient (Wildman–Crippen LogP) is 6.19. The summed E-state index contributed by atoms with van der Waals surface area (Å²) in [6, 6.07) is 27.1. The van der Waals surface area contributed by atoms with Gasteiger partial charge in [-0.25, -0.2) is 0 Å². The highest BCUT2D eigenvalue weighted by Gasteiger charge is 2.45. The van der Waals surface area contributed by atoms with Crippen LogP contribution in [0.5, 0.6) is 0 Å². The molecule has 1 aliphatic rings. The summed E-state index contributed by atoms with van der Waals surface area (Å²) in [5.41, 5.74) is 8.15. The van der Waals surface area contributed by atoms with Gasteiger partial charge in [0.1, 0.15) is 0 Å². The van der Waals surface area contributed by atoms with Crippen LogP contribution in [0.25, 0.3) is 0 Å². The fourth-order valence-electron chi connectivity index (χ4n) is 5.00. The maximum Gasteiger partial charge on any atom is 0.0803 e. The molecule has 0 saturated carbocycles. The maximum absolute atomic E-state index is 2.64. The molecule has 3 atom stereocenters. The minimum absolute atomic E-state index is 0.267. The number of aryl methyl sites for hydroxylation is 3. The summed E-state index contributed by atoms with van der Waals surface area (Å²) in [6.07, 6.45) is 0.301. The highest BCUT2D eigenvalue weighted by Crippen LogP contribution is 2.49. The SMILES string of the molecule is Cc1cc(C)c(N2C(c3ccccc3)C(c3ccccc3)N(C)C2C)c(C)c1. The van der Waals surface area contributed by atoms with Crippen molar-refractivity contribution < 1.29 is 0 Å². The highest BCUT2D eigenvalue weighted by molar-refractivity contribution is 5.63. The molecule has 4 rings (SSSR count). The van der Waals surface area contributed by atoms with Gasteiger partial charge in [0.2, 0.25) is 0 Å². The van der Waals surface area contributed by atoms with Crippen LogP contribution >= 0.6 is 0 Å². The number of anilines is 1. The number of likely N-dealkylation sites (N-methyl/N-ethyl adjacent to an activating group) is 1. The van der Waals surface area contributed by atoms with Crippen LogP contribution < -0.4 is 4.90 Å². The first-order valence-corrected chi connectivity index (χ1v) is 10.2. The van der Waals surface area contributed by atoms with E-state index in [0.29, 0.717) is 12.2 Å². The molecule has 3 aromatic rings. The summed E-state index contributed by atoms with van der Waals surface area (Å²) in [5, 5.41) is 0. The second kappa shape index (κ2) is 7.44. The second-order valence-electron chi connectivity index (χ2n) is 8.16. The van der Waals surface area contributed by atoms with Crippen molar-refractivity contribution in [1.29, 1.82) is 0 Å². The molecule has 1 heterocycles. The van der Waals surface area contributed by atoms with Crippen LogP contribution in [-0.2, 0) is 0 Å². The summed E-state index contributed by atoms with van der Waals surface area (Å²) in [7, 11) is 2.26. The van der Waals surface area contributed by atoms with Crippen LogP contribution in [0.15, 0.2) is 72.8 Å². The third-order valence-electron chi connectivity index (χ3n) is 6.21. The molecule has 2 nitrogen and oxygen atoms in total. The van der Waals surface area contributed by atoms with E-state index in [1.165, 1.54) is 33.5 Å². The Morgan fingerprint density at radius 3 is 1.64 bits per heavy atom. The van der Waals surface area contributed by atoms with Crippen molar-refractivity contribution >= 4 is 5.69 Å². The first kappa shape index (κ1) is 18.8. The lowest BCUT2D eigenvalue weighted by Crippen LogP contribution is -2.35. The Bertz CT molecular complexity index is 926. The number of benzene rings is 3. The van der Waals surface area contributed by atoms with E-state index in [9.17, 15) is 0 Å². The Morgan fingerprint density at radius 2 is 1.14 bits per heavy atom. The lowest BCUT2D eigenvalue weighted by molar-refractivity contribution is 0.250. The van der Waals surface area contributed by atoms with Gasteiger partial charge >= 0.3 is 0 Å². The molecule has 1 aliphatic heterocycles. The molecule has 0 radical (unpaired) electrons. The molecule has 0 bridgehead atoms. The average Bonchev–Trinajstić information content (AvgIpc) is 2.94. The minimum atomic E-state index is 0.267. The number of rotatable bonds is 3. The first-order valence-electron chi connectivity index (χ1n) is 10.2. The van der Waals surface area contributed by atoms with Crippen molar-refractivity contribution in [3.8, 4) is 0 Å². The Hall–Kier alpha value is -2.58. The van der Waals surface area contributed by atoms with Gasteiger partial charge in [-0.3, -0.25) is 4.90 Å². The number of nitrogens with zero attached hydrogens (tertiary/aromatic N) is 2. The molecule has 0 spiro atoms. The van der Waals surface area contributed by atoms with E-state index in [1.807, 2.05) is 0 Å². The van der Waals surface area contributed by atoms with E-state index in [4.69, 9.17) is 0 Å². The van der Waals surface area contributed by atoms with Gasteiger partial charge in [-0.2, -0.15) is 0 Å². The molecule has 0 aliphatic carbocycles. The van der Waals surface area contributed by atoms with Gasteiger partial charge in [-0.1, -0.05) is 78.4 Å². The van der Waals surface area contributed by atoms with E-state index in [2.05, 4.69) is 117 Å².